The molecule has 4 nitrogen and oxygen atoms in total. The van der Waals surface area contributed by atoms with Gasteiger partial charge in [0.2, 0.25) is 0 Å². The predicted molar refractivity (Wildman–Crippen MR) is 74.4 cm³/mol. The minimum atomic E-state index is 0.279. The van der Waals surface area contributed by atoms with E-state index in [1.54, 1.807) is 6.07 Å². The normalized spacial score (nSPS) is 22.6. The summed E-state index contributed by atoms with van der Waals surface area (Å²) >= 11 is 0. The highest BCUT2D eigenvalue weighted by molar-refractivity contribution is 5.60. The van der Waals surface area contributed by atoms with Gasteiger partial charge in [-0.3, -0.25) is 0 Å². The molecule has 0 unspecified atom stereocenters. The van der Waals surface area contributed by atoms with E-state index in [-0.39, 0.29) is 6.10 Å². The Morgan fingerprint density at radius 1 is 1.53 bits per heavy atom. The molecule has 1 aromatic rings. The van der Waals surface area contributed by atoms with Gasteiger partial charge in [0.1, 0.15) is 5.75 Å². The minimum Gasteiger partial charge on any atom is -0.492 e. The van der Waals surface area contributed by atoms with Crippen LogP contribution in [0.1, 0.15) is 32.3 Å². The van der Waals surface area contributed by atoms with E-state index >= 15 is 0 Å². The summed E-state index contributed by atoms with van der Waals surface area (Å²) in [5.41, 5.74) is 1.55. The van der Waals surface area contributed by atoms with Crippen molar-refractivity contribution in [1.29, 1.82) is 5.26 Å². The van der Waals surface area contributed by atoms with Gasteiger partial charge >= 0.3 is 0 Å². The van der Waals surface area contributed by atoms with Crippen molar-refractivity contribution in [2.24, 2.45) is 0 Å². The average Bonchev–Trinajstić information content (AvgIpc) is 2.41. The zero-order valence-corrected chi connectivity index (χ0v) is 11.5. The summed E-state index contributed by atoms with van der Waals surface area (Å²) in [6.07, 6.45) is 2.23. The Balaban J connectivity index is 2.14. The third-order valence-corrected chi connectivity index (χ3v) is 3.25. The Morgan fingerprint density at radius 2 is 2.37 bits per heavy atom. The third-order valence-electron chi connectivity index (χ3n) is 3.25. The molecule has 0 radical (unpaired) electrons. The molecule has 19 heavy (non-hydrogen) atoms. The molecule has 1 fully saturated rings. The van der Waals surface area contributed by atoms with Crippen LogP contribution in [0.2, 0.25) is 0 Å². The van der Waals surface area contributed by atoms with Gasteiger partial charge in [-0.2, -0.15) is 5.26 Å². The Hall–Kier alpha value is -1.73. The lowest BCUT2D eigenvalue weighted by Crippen LogP contribution is -2.32. The number of benzene rings is 1. The maximum Gasteiger partial charge on any atom is 0.142 e. The highest BCUT2D eigenvalue weighted by Crippen LogP contribution is 2.28. The lowest BCUT2D eigenvalue weighted by molar-refractivity contribution is 0.0232. The number of hydrogen-bond acceptors (Lipinski definition) is 4. The fourth-order valence-corrected chi connectivity index (χ4v) is 2.34. The molecule has 0 spiro atoms. The van der Waals surface area contributed by atoms with Crippen LogP contribution in [0.5, 0.6) is 5.75 Å². The van der Waals surface area contributed by atoms with Crippen molar-refractivity contribution in [3.05, 3.63) is 23.8 Å². The van der Waals surface area contributed by atoms with Crippen LogP contribution in [0, 0.1) is 11.3 Å². The van der Waals surface area contributed by atoms with E-state index < -0.39 is 0 Å². The second-order valence-corrected chi connectivity index (χ2v) is 4.80. The van der Waals surface area contributed by atoms with Gasteiger partial charge in [-0.05, 0) is 44.9 Å². The fourth-order valence-electron chi connectivity index (χ4n) is 2.34. The molecular weight excluding hydrogens is 240 g/mol. The molecule has 1 saturated heterocycles. The number of hydrogen-bond donors (Lipinski definition) is 1. The summed E-state index contributed by atoms with van der Waals surface area (Å²) in [6, 6.07) is 8.02. The first-order valence-electron chi connectivity index (χ1n) is 6.78. The standard InChI is InChI=1S/C15H20N2O2/c1-3-18-15-5-4-12(10-16)9-14(15)17-13-6-7-19-11(2)8-13/h4-5,9,11,13,17H,3,6-8H2,1-2H3/t11-,13+/m1/s1. The molecule has 1 N–H and O–H groups in total. The molecule has 0 aliphatic carbocycles. The van der Waals surface area contributed by atoms with Crippen molar-refractivity contribution in [2.45, 2.75) is 38.8 Å². The third kappa shape index (κ3) is 3.62. The first kappa shape index (κ1) is 13.7. The van der Waals surface area contributed by atoms with E-state index in [1.807, 2.05) is 19.1 Å². The highest BCUT2D eigenvalue weighted by Gasteiger charge is 2.20. The topological polar surface area (TPSA) is 54.3 Å². The SMILES string of the molecule is CCOc1ccc(C#N)cc1N[C@H]1CCO[C@H](C)C1. The van der Waals surface area contributed by atoms with Gasteiger partial charge in [-0.15, -0.1) is 0 Å². The van der Waals surface area contributed by atoms with Gasteiger partial charge < -0.3 is 14.8 Å². The number of rotatable bonds is 4. The highest BCUT2D eigenvalue weighted by atomic mass is 16.5. The minimum absolute atomic E-state index is 0.279. The second kappa shape index (κ2) is 6.44. The van der Waals surface area contributed by atoms with Crippen LogP contribution in [0.25, 0.3) is 0 Å². The van der Waals surface area contributed by atoms with Gasteiger partial charge in [0.05, 0.1) is 30.0 Å². The van der Waals surface area contributed by atoms with Crippen molar-refractivity contribution in [2.75, 3.05) is 18.5 Å². The van der Waals surface area contributed by atoms with E-state index in [1.165, 1.54) is 0 Å². The molecule has 1 aliphatic rings. The smallest absolute Gasteiger partial charge is 0.142 e. The zero-order chi connectivity index (χ0) is 13.7. The molecule has 1 aliphatic heterocycles. The summed E-state index contributed by atoms with van der Waals surface area (Å²) < 4.78 is 11.1. The van der Waals surface area contributed by atoms with Gasteiger partial charge in [-0.25, -0.2) is 0 Å². The Kier molecular flexibility index (Phi) is 4.64. The van der Waals surface area contributed by atoms with E-state index in [2.05, 4.69) is 18.3 Å². The summed E-state index contributed by atoms with van der Waals surface area (Å²) in [6.45, 7) is 5.44. The zero-order valence-electron chi connectivity index (χ0n) is 11.5. The second-order valence-electron chi connectivity index (χ2n) is 4.80. The van der Waals surface area contributed by atoms with E-state index in [4.69, 9.17) is 14.7 Å². The van der Waals surface area contributed by atoms with Crippen molar-refractivity contribution in [3.8, 4) is 11.8 Å². The summed E-state index contributed by atoms with van der Waals surface area (Å²) in [7, 11) is 0. The van der Waals surface area contributed by atoms with Crippen LogP contribution in [0.3, 0.4) is 0 Å². The molecule has 102 valence electrons. The summed E-state index contributed by atoms with van der Waals surface area (Å²) in [5.74, 6) is 0.806. The summed E-state index contributed by atoms with van der Waals surface area (Å²) in [5, 5.41) is 12.5. The van der Waals surface area contributed by atoms with E-state index in [0.29, 0.717) is 18.2 Å². The molecule has 1 aromatic carbocycles. The molecule has 0 saturated carbocycles. The first-order chi connectivity index (χ1) is 9.22. The van der Waals surface area contributed by atoms with Crippen LogP contribution in [0.4, 0.5) is 5.69 Å². The average molecular weight is 260 g/mol. The van der Waals surface area contributed by atoms with Gasteiger partial charge in [0.25, 0.3) is 0 Å². The lowest BCUT2D eigenvalue weighted by atomic mass is 10.0. The largest absolute Gasteiger partial charge is 0.492 e. The molecule has 0 bridgehead atoms. The molecule has 0 amide bonds. The van der Waals surface area contributed by atoms with E-state index in [0.717, 1.165) is 30.9 Å². The quantitative estimate of drug-likeness (QED) is 0.904. The number of ether oxygens (including phenoxy) is 2. The van der Waals surface area contributed by atoms with Gasteiger partial charge in [-0.1, -0.05) is 0 Å². The number of nitrogens with one attached hydrogen (secondary N) is 1. The molecular formula is C15H20N2O2. The van der Waals surface area contributed by atoms with Gasteiger partial charge in [0, 0.05) is 12.6 Å². The summed E-state index contributed by atoms with van der Waals surface area (Å²) in [4.78, 5) is 0. The van der Waals surface area contributed by atoms with E-state index in [9.17, 15) is 0 Å². The monoisotopic (exact) mass is 260 g/mol. The molecule has 2 atom stereocenters. The maximum absolute atomic E-state index is 8.99. The maximum atomic E-state index is 8.99. The number of nitrogens with zero attached hydrogens (tertiary/aromatic N) is 1. The van der Waals surface area contributed by atoms with Crippen LogP contribution >= 0.6 is 0 Å². The van der Waals surface area contributed by atoms with Crippen molar-refractivity contribution >= 4 is 5.69 Å². The molecule has 2 rings (SSSR count). The predicted octanol–water partition coefficient (Wildman–Crippen LogP) is 2.94. The van der Waals surface area contributed by atoms with Crippen molar-refractivity contribution in [3.63, 3.8) is 0 Å². The molecule has 1 heterocycles. The molecule has 4 heteroatoms. The number of nitriles is 1. The molecule has 0 aromatic heterocycles. The van der Waals surface area contributed by atoms with Crippen LogP contribution in [-0.4, -0.2) is 25.4 Å². The number of anilines is 1. The van der Waals surface area contributed by atoms with Crippen LogP contribution in [-0.2, 0) is 4.74 Å². The van der Waals surface area contributed by atoms with Crippen LogP contribution < -0.4 is 10.1 Å². The van der Waals surface area contributed by atoms with Crippen molar-refractivity contribution < 1.29 is 9.47 Å². The van der Waals surface area contributed by atoms with Gasteiger partial charge in [0.15, 0.2) is 0 Å². The lowest BCUT2D eigenvalue weighted by Gasteiger charge is -2.29. The Morgan fingerprint density at radius 3 is 3.05 bits per heavy atom. The Bertz CT molecular complexity index is 468. The first-order valence-corrected chi connectivity index (χ1v) is 6.78. The fraction of sp³-hybridized carbons (Fsp3) is 0.533. The van der Waals surface area contributed by atoms with Crippen LogP contribution in [0.15, 0.2) is 18.2 Å². The van der Waals surface area contributed by atoms with Crippen molar-refractivity contribution in [1.82, 2.24) is 0 Å². The Labute approximate surface area is 114 Å².